The van der Waals surface area contributed by atoms with Crippen LogP contribution in [0, 0.1) is 5.82 Å². The third-order valence-corrected chi connectivity index (χ3v) is 2.00. The summed E-state index contributed by atoms with van der Waals surface area (Å²) in [6.07, 6.45) is 3.91. The van der Waals surface area contributed by atoms with Gasteiger partial charge in [0.15, 0.2) is 0 Å². The van der Waals surface area contributed by atoms with Gasteiger partial charge in [0.05, 0.1) is 6.20 Å². The third-order valence-electron chi connectivity index (χ3n) is 2.00. The monoisotopic (exact) mass is 152 g/mol. The minimum Gasteiger partial charge on any atom is -0.310 e. The second-order valence-corrected chi connectivity index (χ2v) is 2.69. The molecule has 0 bridgehead atoms. The first kappa shape index (κ1) is 6.73. The van der Waals surface area contributed by atoms with Crippen LogP contribution in [-0.4, -0.2) is 11.5 Å². The average molecular weight is 152 g/mol. The molecule has 2 heterocycles. The molecule has 0 aromatic carbocycles. The van der Waals surface area contributed by atoms with Crippen LogP contribution in [0.3, 0.4) is 0 Å². The van der Waals surface area contributed by atoms with E-state index in [4.69, 9.17) is 0 Å². The van der Waals surface area contributed by atoms with Gasteiger partial charge in [0.2, 0.25) is 0 Å². The molecule has 0 saturated carbocycles. The second kappa shape index (κ2) is 2.58. The Kier molecular flexibility index (Phi) is 1.58. The lowest BCUT2D eigenvalue weighted by Crippen LogP contribution is -2.35. The summed E-state index contributed by atoms with van der Waals surface area (Å²) in [5, 5.41) is 3.13. The summed E-state index contributed by atoms with van der Waals surface area (Å²) < 4.78 is 13.0. The Balaban J connectivity index is 2.28. The fourth-order valence-corrected chi connectivity index (χ4v) is 1.22. The van der Waals surface area contributed by atoms with Gasteiger partial charge in [-0.05, 0) is 19.0 Å². The van der Waals surface area contributed by atoms with Gasteiger partial charge in [-0.15, -0.1) is 0 Å². The highest BCUT2D eigenvalue weighted by molar-refractivity contribution is 5.19. The van der Waals surface area contributed by atoms with E-state index >= 15 is 0 Å². The number of halogens is 1. The van der Waals surface area contributed by atoms with Gasteiger partial charge >= 0.3 is 0 Å². The van der Waals surface area contributed by atoms with Crippen LogP contribution in [0.1, 0.15) is 18.0 Å². The Hall–Kier alpha value is -0.960. The normalized spacial score (nSPS) is 22.8. The molecule has 0 aliphatic carbocycles. The Bertz CT molecular complexity index is 258. The van der Waals surface area contributed by atoms with Crippen molar-refractivity contribution < 1.29 is 4.39 Å². The predicted octanol–water partition coefficient (Wildman–Crippen LogP) is 1.26. The lowest BCUT2D eigenvalue weighted by atomic mass is 9.99. The highest BCUT2D eigenvalue weighted by Crippen LogP contribution is 2.23. The fourth-order valence-electron chi connectivity index (χ4n) is 1.22. The van der Waals surface area contributed by atoms with E-state index in [2.05, 4.69) is 10.3 Å². The molecule has 0 amide bonds. The first-order chi connectivity index (χ1) is 5.38. The van der Waals surface area contributed by atoms with E-state index in [-0.39, 0.29) is 11.9 Å². The van der Waals surface area contributed by atoms with E-state index in [9.17, 15) is 4.39 Å². The van der Waals surface area contributed by atoms with Crippen LogP contribution in [0.5, 0.6) is 0 Å². The first-order valence-electron chi connectivity index (χ1n) is 3.71. The van der Waals surface area contributed by atoms with E-state index in [1.165, 1.54) is 6.20 Å². The maximum absolute atomic E-state index is 13.0. The number of pyridine rings is 1. The zero-order valence-electron chi connectivity index (χ0n) is 6.05. The number of nitrogens with zero attached hydrogens (tertiary/aromatic N) is 1. The molecule has 1 atom stereocenters. The van der Waals surface area contributed by atoms with Crippen molar-refractivity contribution in [1.82, 2.24) is 10.3 Å². The van der Waals surface area contributed by atoms with Gasteiger partial charge in [0, 0.05) is 17.8 Å². The van der Waals surface area contributed by atoms with Gasteiger partial charge in [0.1, 0.15) is 5.82 Å². The summed E-state index contributed by atoms with van der Waals surface area (Å²) in [6, 6.07) is 1.95. The SMILES string of the molecule is Fc1cnccc1[C@@H]1CCN1. The van der Waals surface area contributed by atoms with E-state index in [1.54, 1.807) is 12.3 Å². The van der Waals surface area contributed by atoms with Gasteiger partial charge in [-0.2, -0.15) is 0 Å². The van der Waals surface area contributed by atoms with Gasteiger partial charge < -0.3 is 5.32 Å². The molecule has 1 N–H and O–H groups in total. The lowest BCUT2D eigenvalue weighted by molar-refractivity contribution is 0.369. The van der Waals surface area contributed by atoms with E-state index in [0.29, 0.717) is 0 Å². The van der Waals surface area contributed by atoms with Gasteiger partial charge in [-0.1, -0.05) is 0 Å². The van der Waals surface area contributed by atoms with Crippen LogP contribution in [0.4, 0.5) is 4.39 Å². The smallest absolute Gasteiger partial charge is 0.146 e. The first-order valence-corrected chi connectivity index (χ1v) is 3.71. The van der Waals surface area contributed by atoms with Gasteiger partial charge in [0.25, 0.3) is 0 Å². The standard InChI is InChI=1S/C8H9FN2/c9-7-5-10-3-1-6(7)8-2-4-11-8/h1,3,5,8,11H,2,4H2/t8-/m0/s1. The number of hydrogen-bond acceptors (Lipinski definition) is 2. The summed E-state index contributed by atoms with van der Waals surface area (Å²) >= 11 is 0. The number of hydrogen-bond donors (Lipinski definition) is 1. The molecule has 2 rings (SSSR count). The Morgan fingerprint density at radius 2 is 2.45 bits per heavy atom. The van der Waals surface area contributed by atoms with Crippen LogP contribution in [0.2, 0.25) is 0 Å². The summed E-state index contributed by atoms with van der Waals surface area (Å²) in [5.41, 5.74) is 0.742. The van der Waals surface area contributed by atoms with Crippen molar-refractivity contribution in [3.05, 3.63) is 29.8 Å². The molecular weight excluding hydrogens is 143 g/mol. The molecule has 3 heteroatoms. The van der Waals surface area contributed by atoms with Crippen molar-refractivity contribution in [2.24, 2.45) is 0 Å². The van der Waals surface area contributed by atoms with Crippen molar-refractivity contribution in [2.45, 2.75) is 12.5 Å². The molecule has 11 heavy (non-hydrogen) atoms. The van der Waals surface area contributed by atoms with E-state index in [1.807, 2.05) is 0 Å². The van der Waals surface area contributed by atoms with Gasteiger partial charge in [-0.25, -0.2) is 4.39 Å². The topological polar surface area (TPSA) is 24.9 Å². The van der Waals surface area contributed by atoms with Crippen LogP contribution in [0.15, 0.2) is 18.5 Å². The number of aromatic nitrogens is 1. The van der Waals surface area contributed by atoms with Crippen molar-refractivity contribution in [3.8, 4) is 0 Å². The molecule has 1 saturated heterocycles. The highest BCUT2D eigenvalue weighted by atomic mass is 19.1. The molecule has 2 nitrogen and oxygen atoms in total. The number of rotatable bonds is 1. The zero-order chi connectivity index (χ0) is 7.68. The van der Waals surface area contributed by atoms with Gasteiger partial charge in [-0.3, -0.25) is 4.98 Å². The summed E-state index contributed by atoms with van der Waals surface area (Å²) in [4.78, 5) is 3.68. The minimum absolute atomic E-state index is 0.204. The van der Waals surface area contributed by atoms with E-state index in [0.717, 1.165) is 18.5 Å². The molecule has 1 aliphatic rings. The quantitative estimate of drug-likeness (QED) is 0.655. The van der Waals surface area contributed by atoms with Crippen molar-refractivity contribution in [3.63, 3.8) is 0 Å². The molecule has 0 unspecified atom stereocenters. The largest absolute Gasteiger partial charge is 0.310 e. The van der Waals surface area contributed by atoms with Crippen LogP contribution >= 0.6 is 0 Å². The van der Waals surface area contributed by atoms with Crippen LogP contribution in [0.25, 0.3) is 0 Å². The minimum atomic E-state index is -0.204. The predicted molar refractivity (Wildman–Crippen MR) is 39.6 cm³/mol. The molecule has 1 aromatic rings. The molecule has 1 aliphatic heterocycles. The third kappa shape index (κ3) is 1.12. The Morgan fingerprint density at radius 1 is 1.64 bits per heavy atom. The summed E-state index contributed by atoms with van der Waals surface area (Å²) in [6.45, 7) is 0.992. The molecule has 1 fully saturated rings. The average Bonchev–Trinajstić information content (AvgIpc) is 1.90. The highest BCUT2D eigenvalue weighted by Gasteiger charge is 2.20. The summed E-state index contributed by atoms with van der Waals surface area (Å²) in [7, 11) is 0. The second-order valence-electron chi connectivity index (χ2n) is 2.69. The summed E-state index contributed by atoms with van der Waals surface area (Å²) in [5.74, 6) is -0.204. The molecule has 0 radical (unpaired) electrons. The Morgan fingerprint density at radius 3 is 3.00 bits per heavy atom. The maximum atomic E-state index is 13.0. The van der Waals surface area contributed by atoms with Crippen molar-refractivity contribution in [1.29, 1.82) is 0 Å². The van der Waals surface area contributed by atoms with Crippen molar-refractivity contribution >= 4 is 0 Å². The zero-order valence-corrected chi connectivity index (χ0v) is 6.05. The number of nitrogens with one attached hydrogen (secondary N) is 1. The van der Waals surface area contributed by atoms with E-state index < -0.39 is 0 Å². The molecule has 58 valence electrons. The molecular formula is C8H9FN2. The molecule has 0 spiro atoms. The lowest BCUT2D eigenvalue weighted by Gasteiger charge is -2.27. The van der Waals surface area contributed by atoms with Crippen LogP contribution < -0.4 is 5.32 Å². The van der Waals surface area contributed by atoms with Crippen molar-refractivity contribution in [2.75, 3.05) is 6.54 Å². The fraction of sp³-hybridized carbons (Fsp3) is 0.375. The molecule has 1 aromatic heterocycles. The maximum Gasteiger partial charge on any atom is 0.146 e. The Labute approximate surface area is 64.5 Å². The van der Waals surface area contributed by atoms with Crippen LogP contribution in [-0.2, 0) is 0 Å².